The topological polar surface area (TPSA) is 91.3 Å². The normalized spacial score (nSPS) is 13.7. The number of hydrogen-bond donors (Lipinski definition) is 3. The summed E-state index contributed by atoms with van der Waals surface area (Å²) in [5, 5.41) is 14.5. The highest BCUT2D eigenvalue weighted by Crippen LogP contribution is 2.13. The minimum Gasteiger partial charge on any atom is -0.478 e. The van der Waals surface area contributed by atoms with E-state index in [-0.39, 0.29) is 11.5 Å². The molecule has 94 valence electrons. The smallest absolute Gasteiger partial charge is 0.337 e. The highest BCUT2D eigenvalue weighted by Gasteiger charge is 2.16. The van der Waals surface area contributed by atoms with Gasteiger partial charge in [-0.15, -0.1) is 0 Å². The number of carboxylic acids is 1. The summed E-state index contributed by atoms with van der Waals surface area (Å²) in [5.41, 5.74) is 2.15. The number of aromatic nitrogens is 1. The summed E-state index contributed by atoms with van der Waals surface area (Å²) in [6.45, 7) is 3.21. The Kier molecular flexibility index (Phi) is 3.38. The van der Waals surface area contributed by atoms with Crippen molar-refractivity contribution in [3.05, 3.63) is 35.2 Å². The molecule has 0 unspecified atom stereocenters. The molecule has 0 aliphatic carbocycles. The molecule has 1 saturated heterocycles. The quantitative estimate of drug-likeness (QED) is 0.682. The van der Waals surface area contributed by atoms with Gasteiger partial charge < -0.3 is 15.7 Å². The zero-order valence-corrected chi connectivity index (χ0v) is 9.86. The molecule has 6 nitrogen and oxygen atoms in total. The molecule has 0 spiro atoms. The zero-order chi connectivity index (χ0) is 13.1. The van der Waals surface area contributed by atoms with E-state index in [1.165, 1.54) is 18.5 Å². The van der Waals surface area contributed by atoms with Crippen LogP contribution < -0.4 is 10.6 Å². The minimum atomic E-state index is -1.07. The number of nitrogens with zero attached hydrogens (tertiary/aromatic N) is 1. The van der Waals surface area contributed by atoms with E-state index in [0.717, 1.165) is 18.7 Å². The van der Waals surface area contributed by atoms with E-state index in [9.17, 15) is 9.59 Å². The second-order valence-electron chi connectivity index (χ2n) is 4.05. The van der Waals surface area contributed by atoms with Crippen LogP contribution in [0.4, 0.5) is 5.69 Å². The fourth-order valence-electron chi connectivity index (χ4n) is 1.53. The summed E-state index contributed by atoms with van der Waals surface area (Å²) in [4.78, 5) is 26.4. The van der Waals surface area contributed by atoms with Gasteiger partial charge in [0.25, 0.3) is 5.91 Å². The Balaban J connectivity index is 2.12. The van der Waals surface area contributed by atoms with Crippen LogP contribution in [-0.4, -0.2) is 35.1 Å². The van der Waals surface area contributed by atoms with Crippen molar-refractivity contribution in [2.75, 3.05) is 18.4 Å². The van der Waals surface area contributed by atoms with Gasteiger partial charge in [0.1, 0.15) is 0 Å². The van der Waals surface area contributed by atoms with Crippen LogP contribution in [-0.2, 0) is 4.79 Å². The maximum absolute atomic E-state index is 11.9. The largest absolute Gasteiger partial charge is 0.478 e. The predicted octanol–water partition coefficient (Wildman–Crippen LogP) is 0.638. The van der Waals surface area contributed by atoms with Crippen molar-refractivity contribution >= 4 is 17.6 Å². The van der Waals surface area contributed by atoms with Gasteiger partial charge in [-0.3, -0.25) is 9.78 Å². The Morgan fingerprint density at radius 1 is 1.39 bits per heavy atom. The summed E-state index contributed by atoms with van der Waals surface area (Å²) in [7, 11) is 0. The number of carboxylic acid groups (broad SMARTS) is 1. The second kappa shape index (κ2) is 4.97. The van der Waals surface area contributed by atoms with Crippen molar-refractivity contribution in [3.8, 4) is 0 Å². The lowest BCUT2D eigenvalue weighted by Gasteiger charge is -2.21. The average Bonchev–Trinajstić information content (AvgIpc) is 2.26. The number of amides is 1. The van der Waals surface area contributed by atoms with Gasteiger partial charge in [0.15, 0.2) is 0 Å². The van der Waals surface area contributed by atoms with E-state index < -0.39 is 5.97 Å². The van der Waals surface area contributed by atoms with Crippen LogP contribution in [0.2, 0.25) is 0 Å². The van der Waals surface area contributed by atoms with Gasteiger partial charge in [-0.25, -0.2) is 4.79 Å². The number of rotatable bonds is 3. The molecule has 0 aromatic carbocycles. The van der Waals surface area contributed by atoms with Crippen LogP contribution in [0.25, 0.3) is 0 Å². The maximum Gasteiger partial charge on any atom is 0.337 e. The summed E-state index contributed by atoms with van der Waals surface area (Å²) in [6, 6.07) is 1.38. The molecule has 1 aromatic heterocycles. The molecule has 2 rings (SSSR count). The summed E-state index contributed by atoms with van der Waals surface area (Å²) < 4.78 is 0. The van der Waals surface area contributed by atoms with E-state index in [2.05, 4.69) is 15.6 Å². The lowest BCUT2D eigenvalue weighted by atomic mass is 10.0. The number of anilines is 1. The average molecular weight is 247 g/mol. The van der Waals surface area contributed by atoms with Crippen molar-refractivity contribution < 1.29 is 14.7 Å². The summed E-state index contributed by atoms with van der Waals surface area (Å²) >= 11 is 0. The Labute approximate surface area is 104 Å². The van der Waals surface area contributed by atoms with E-state index >= 15 is 0 Å². The fourth-order valence-corrected chi connectivity index (χ4v) is 1.53. The Hall–Kier alpha value is -2.21. The SMILES string of the molecule is CC(C(=O)Nc1cncc(C(=O)O)c1)=C1CNC1. The number of carbonyl (C=O) groups excluding carboxylic acids is 1. The van der Waals surface area contributed by atoms with Crippen molar-refractivity contribution in [1.82, 2.24) is 10.3 Å². The first-order valence-corrected chi connectivity index (χ1v) is 5.47. The van der Waals surface area contributed by atoms with Crippen LogP contribution in [0.15, 0.2) is 29.6 Å². The number of aromatic carboxylic acids is 1. The second-order valence-corrected chi connectivity index (χ2v) is 4.05. The number of pyridine rings is 1. The molecule has 1 aromatic rings. The third-order valence-electron chi connectivity index (χ3n) is 2.79. The lowest BCUT2D eigenvalue weighted by Crippen LogP contribution is -2.36. The Morgan fingerprint density at radius 3 is 2.67 bits per heavy atom. The van der Waals surface area contributed by atoms with E-state index in [4.69, 9.17) is 5.11 Å². The maximum atomic E-state index is 11.9. The molecule has 6 heteroatoms. The Bertz CT molecular complexity index is 531. The van der Waals surface area contributed by atoms with Crippen LogP contribution in [0.5, 0.6) is 0 Å². The van der Waals surface area contributed by atoms with Gasteiger partial charge in [-0.1, -0.05) is 0 Å². The zero-order valence-electron chi connectivity index (χ0n) is 9.86. The number of nitrogens with one attached hydrogen (secondary N) is 2. The van der Waals surface area contributed by atoms with Gasteiger partial charge in [-0.2, -0.15) is 0 Å². The fraction of sp³-hybridized carbons (Fsp3) is 0.250. The molecule has 1 aliphatic heterocycles. The molecule has 0 atom stereocenters. The van der Waals surface area contributed by atoms with Gasteiger partial charge in [0.2, 0.25) is 0 Å². The molecule has 18 heavy (non-hydrogen) atoms. The standard InChI is InChI=1S/C12H13N3O3/c1-7(9-4-13-5-9)11(16)15-10-2-8(12(17)18)3-14-6-10/h2-3,6,13H,4-5H2,1H3,(H,15,16)(H,17,18). The molecule has 0 saturated carbocycles. The molecule has 2 heterocycles. The van der Waals surface area contributed by atoms with Crippen molar-refractivity contribution in [2.45, 2.75) is 6.92 Å². The minimum absolute atomic E-state index is 0.0448. The summed E-state index contributed by atoms with van der Waals surface area (Å²) in [5.74, 6) is -1.30. The summed E-state index contributed by atoms with van der Waals surface area (Å²) in [6.07, 6.45) is 2.65. The molecule has 0 bridgehead atoms. The van der Waals surface area contributed by atoms with E-state index in [0.29, 0.717) is 11.3 Å². The number of carbonyl (C=O) groups is 2. The van der Waals surface area contributed by atoms with E-state index in [1.54, 1.807) is 6.92 Å². The third kappa shape index (κ3) is 2.54. The first kappa shape index (κ1) is 12.3. The van der Waals surface area contributed by atoms with Gasteiger partial charge in [-0.05, 0) is 18.6 Å². The van der Waals surface area contributed by atoms with Crippen LogP contribution in [0, 0.1) is 0 Å². The molecule has 3 N–H and O–H groups in total. The molecular weight excluding hydrogens is 234 g/mol. The lowest BCUT2D eigenvalue weighted by molar-refractivity contribution is -0.112. The van der Waals surface area contributed by atoms with E-state index in [1.807, 2.05) is 0 Å². The van der Waals surface area contributed by atoms with Crippen molar-refractivity contribution in [3.63, 3.8) is 0 Å². The third-order valence-corrected chi connectivity index (χ3v) is 2.79. The van der Waals surface area contributed by atoms with Crippen molar-refractivity contribution in [2.24, 2.45) is 0 Å². The highest BCUT2D eigenvalue weighted by atomic mass is 16.4. The van der Waals surface area contributed by atoms with Crippen LogP contribution >= 0.6 is 0 Å². The highest BCUT2D eigenvalue weighted by molar-refractivity contribution is 6.04. The first-order valence-electron chi connectivity index (χ1n) is 5.47. The molecular formula is C12H13N3O3. The molecule has 0 radical (unpaired) electrons. The first-order chi connectivity index (χ1) is 8.58. The van der Waals surface area contributed by atoms with Crippen molar-refractivity contribution in [1.29, 1.82) is 0 Å². The van der Waals surface area contributed by atoms with Crippen LogP contribution in [0.1, 0.15) is 17.3 Å². The Morgan fingerprint density at radius 2 is 2.11 bits per heavy atom. The monoisotopic (exact) mass is 247 g/mol. The van der Waals surface area contributed by atoms with Crippen LogP contribution in [0.3, 0.4) is 0 Å². The molecule has 1 amide bonds. The molecule has 1 fully saturated rings. The molecule has 1 aliphatic rings. The van der Waals surface area contributed by atoms with Gasteiger partial charge in [0, 0.05) is 24.9 Å². The predicted molar refractivity (Wildman–Crippen MR) is 65.4 cm³/mol. The van der Waals surface area contributed by atoms with Gasteiger partial charge >= 0.3 is 5.97 Å². The number of hydrogen-bond acceptors (Lipinski definition) is 4. The van der Waals surface area contributed by atoms with Gasteiger partial charge in [0.05, 0.1) is 17.4 Å².